The second kappa shape index (κ2) is 4.74. The van der Waals surface area contributed by atoms with E-state index in [1.165, 1.54) is 18.4 Å². The molecule has 19 heavy (non-hydrogen) atoms. The molecule has 0 unspecified atom stereocenters. The third-order valence-corrected chi connectivity index (χ3v) is 3.96. The minimum Gasteiger partial charge on any atom is -0.465 e. The molecule has 2 heterocycles. The molecule has 0 fully saturated rings. The Hall–Kier alpha value is -2.33. The zero-order valence-corrected chi connectivity index (χ0v) is 11.4. The van der Waals surface area contributed by atoms with Gasteiger partial charge in [0, 0.05) is 4.88 Å². The molecule has 0 aliphatic carbocycles. The summed E-state index contributed by atoms with van der Waals surface area (Å²) in [6.07, 6.45) is 0. The Bertz CT molecular complexity index is 652. The minimum absolute atomic E-state index is 0.0631. The fourth-order valence-corrected chi connectivity index (χ4v) is 2.80. The van der Waals surface area contributed by atoms with Crippen molar-refractivity contribution in [1.29, 1.82) is 5.26 Å². The monoisotopic (exact) mass is 277 g/mol. The van der Waals surface area contributed by atoms with Gasteiger partial charge in [-0.2, -0.15) is 5.26 Å². The zero-order valence-electron chi connectivity index (χ0n) is 10.6. The lowest BCUT2D eigenvalue weighted by Gasteiger charge is -2.19. The molecule has 6 nitrogen and oxygen atoms in total. The number of esters is 1. The van der Waals surface area contributed by atoms with E-state index >= 15 is 0 Å². The number of aryl methyl sites for hydroxylation is 1. The normalized spacial score (nSPS) is 15.8. The van der Waals surface area contributed by atoms with Gasteiger partial charge in [-0.3, -0.25) is 4.79 Å². The molecule has 0 atom stereocenters. The number of methoxy groups -OCH3 is 1. The number of nitrogens with zero attached hydrogens (tertiary/aromatic N) is 1. The highest BCUT2D eigenvalue weighted by Crippen LogP contribution is 2.35. The van der Waals surface area contributed by atoms with Crippen LogP contribution in [0.2, 0.25) is 0 Å². The number of rotatable bonds is 1. The Labute approximate surface area is 113 Å². The number of nitriles is 1. The average Bonchev–Trinajstić information content (AvgIpc) is 2.66. The third-order valence-electron chi connectivity index (χ3n) is 2.84. The van der Waals surface area contributed by atoms with Crippen molar-refractivity contribution >= 4 is 28.2 Å². The van der Waals surface area contributed by atoms with E-state index in [9.17, 15) is 9.59 Å². The van der Waals surface area contributed by atoms with Crippen molar-refractivity contribution in [3.05, 3.63) is 27.4 Å². The molecule has 1 aliphatic heterocycles. The second-order valence-electron chi connectivity index (χ2n) is 3.92. The average molecular weight is 277 g/mol. The molecule has 1 aromatic heterocycles. The number of amides is 1. The van der Waals surface area contributed by atoms with Crippen LogP contribution in [0.1, 0.15) is 20.8 Å². The topological polar surface area (TPSA) is 91.2 Å². The van der Waals surface area contributed by atoms with E-state index in [4.69, 9.17) is 5.26 Å². The fourth-order valence-electron chi connectivity index (χ4n) is 1.74. The zero-order chi connectivity index (χ0) is 14.2. The summed E-state index contributed by atoms with van der Waals surface area (Å²) in [5.41, 5.74) is 1.18. The number of hydrogen-bond acceptors (Lipinski definition) is 6. The quantitative estimate of drug-likeness (QED) is 0.460. The first-order valence-corrected chi connectivity index (χ1v) is 6.22. The predicted octanol–water partition coefficient (Wildman–Crippen LogP) is 1.43. The van der Waals surface area contributed by atoms with E-state index in [2.05, 4.69) is 15.4 Å². The van der Waals surface area contributed by atoms with Crippen molar-refractivity contribution in [3.8, 4) is 6.07 Å². The van der Waals surface area contributed by atoms with Gasteiger partial charge in [-0.1, -0.05) is 0 Å². The van der Waals surface area contributed by atoms with Crippen LogP contribution >= 0.6 is 11.3 Å². The van der Waals surface area contributed by atoms with Gasteiger partial charge in [-0.15, -0.1) is 11.3 Å². The molecule has 0 radical (unpaired) electrons. The molecule has 1 aliphatic rings. The summed E-state index contributed by atoms with van der Waals surface area (Å²) in [5, 5.41) is 15.0. The number of anilines is 1. The van der Waals surface area contributed by atoms with Gasteiger partial charge in [-0.05, 0) is 19.4 Å². The first kappa shape index (κ1) is 13.1. The van der Waals surface area contributed by atoms with Crippen molar-refractivity contribution in [2.45, 2.75) is 13.8 Å². The SMILES string of the molecule is COC(=O)/C(C#N)=C1\NC(=O)c2c(sc(C)c2C)N1. The van der Waals surface area contributed by atoms with Crippen LogP contribution in [-0.4, -0.2) is 19.0 Å². The van der Waals surface area contributed by atoms with Crippen LogP contribution in [-0.2, 0) is 9.53 Å². The Morgan fingerprint density at radius 2 is 2.05 bits per heavy atom. The van der Waals surface area contributed by atoms with Gasteiger partial charge in [0.05, 0.1) is 12.7 Å². The van der Waals surface area contributed by atoms with Crippen molar-refractivity contribution in [1.82, 2.24) is 5.32 Å². The van der Waals surface area contributed by atoms with Crippen LogP contribution in [0, 0.1) is 25.2 Å². The van der Waals surface area contributed by atoms with Gasteiger partial charge >= 0.3 is 5.97 Å². The number of ether oxygens (including phenoxy) is 1. The maximum Gasteiger partial charge on any atom is 0.352 e. The van der Waals surface area contributed by atoms with E-state index < -0.39 is 5.97 Å². The largest absolute Gasteiger partial charge is 0.465 e. The Morgan fingerprint density at radius 3 is 2.63 bits per heavy atom. The molecule has 1 aromatic rings. The van der Waals surface area contributed by atoms with Crippen molar-refractivity contribution in [3.63, 3.8) is 0 Å². The first-order valence-electron chi connectivity index (χ1n) is 5.40. The summed E-state index contributed by atoms with van der Waals surface area (Å²) < 4.78 is 4.50. The summed E-state index contributed by atoms with van der Waals surface area (Å²) in [7, 11) is 1.18. The van der Waals surface area contributed by atoms with E-state index in [-0.39, 0.29) is 17.3 Å². The minimum atomic E-state index is -0.793. The molecule has 0 saturated carbocycles. The van der Waals surface area contributed by atoms with E-state index in [1.807, 2.05) is 13.8 Å². The Balaban J connectivity index is 2.52. The fraction of sp³-hybridized carbons (Fsp3) is 0.250. The lowest BCUT2D eigenvalue weighted by atomic mass is 10.1. The lowest BCUT2D eigenvalue weighted by Crippen LogP contribution is -2.34. The molecule has 0 spiro atoms. The van der Waals surface area contributed by atoms with E-state index in [0.717, 1.165) is 10.4 Å². The third kappa shape index (κ3) is 2.06. The molecule has 2 rings (SSSR count). The van der Waals surface area contributed by atoms with Gasteiger partial charge < -0.3 is 15.4 Å². The second-order valence-corrected chi connectivity index (χ2v) is 5.14. The maximum atomic E-state index is 12.0. The maximum absolute atomic E-state index is 12.0. The first-order chi connectivity index (χ1) is 8.99. The number of nitrogens with one attached hydrogen (secondary N) is 2. The van der Waals surface area contributed by atoms with Crippen LogP contribution in [0.4, 0.5) is 5.00 Å². The van der Waals surface area contributed by atoms with E-state index in [1.54, 1.807) is 6.07 Å². The van der Waals surface area contributed by atoms with Gasteiger partial charge in [0.1, 0.15) is 16.9 Å². The molecule has 98 valence electrons. The summed E-state index contributed by atoms with van der Waals surface area (Å²) in [5.74, 6) is -1.06. The van der Waals surface area contributed by atoms with Crippen LogP contribution in [0.5, 0.6) is 0 Å². The standard InChI is InChI=1S/C12H11N3O3S/c1-5-6(2)19-11-8(5)10(16)14-9(15-11)7(4-13)12(17)18-3/h15H,1-3H3,(H,14,16)/b9-7+. The predicted molar refractivity (Wildman–Crippen MR) is 69.5 cm³/mol. The number of thiophene rings is 1. The van der Waals surface area contributed by atoms with Crippen LogP contribution < -0.4 is 10.6 Å². The number of carbonyl (C=O) groups is 2. The van der Waals surface area contributed by atoms with Crippen molar-refractivity contribution in [2.75, 3.05) is 12.4 Å². The number of carbonyl (C=O) groups excluding carboxylic acids is 2. The van der Waals surface area contributed by atoms with Crippen molar-refractivity contribution in [2.24, 2.45) is 0 Å². The summed E-state index contributed by atoms with van der Waals surface area (Å²) in [6, 6.07) is 1.73. The highest BCUT2D eigenvalue weighted by atomic mass is 32.1. The lowest BCUT2D eigenvalue weighted by molar-refractivity contribution is -0.135. The van der Waals surface area contributed by atoms with Crippen LogP contribution in [0.15, 0.2) is 11.4 Å². The summed E-state index contributed by atoms with van der Waals surface area (Å²) >= 11 is 1.40. The molecule has 0 bridgehead atoms. The molecule has 2 N–H and O–H groups in total. The number of hydrogen-bond donors (Lipinski definition) is 2. The summed E-state index contributed by atoms with van der Waals surface area (Å²) in [4.78, 5) is 24.5. The molecular weight excluding hydrogens is 266 g/mol. The Kier molecular flexibility index (Phi) is 3.27. The summed E-state index contributed by atoms with van der Waals surface area (Å²) in [6.45, 7) is 3.76. The van der Waals surface area contributed by atoms with Crippen LogP contribution in [0.25, 0.3) is 0 Å². The highest BCUT2D eigenvalue weighted by molar-refractivity contribution is 7.16. The van der Waals surface area contributed by atoms with Crippen LogP contribution in [0.3, 0.4) is 0 Å². The highest BCUT2D eigenvalue weighted by Gasteiger charge is 2.29. The molecule has 7 heteroatoms. The molecular formula is C12H11N3O3S. The van der Waals surface area contributed by atoms with Crippen molar-refractivity contribution < 1.29 is 14.3 Å². The van der Waals surface area contributed by atoms with Gasteiger partial charge in [0.15, 0.2) is 5.57 Å². The van der Waals surface area contributed by atoms with E-state index in [0.29, 0.717) is 10.6 Å². The van der Waals surface area contributed by atoms with Gasteiger partial charge in [0.2, 0.25) is 0 Å². The molecule has 0 aromatic carbocycles. The smallest absolute Gasteiger partial charge is 0.352 e. The molecule has 1 amide bonds. The Morgan fingerprint density at radius 1 is 1.37 bits per heavy atom. The van der Waals surface area contributed by atoms with Gasteiger partial charge in [-0.25, -0.2) is 4.79 Å². The molecule has 0 saturated heterocycles. The van der Waals surface area contributed by atoms with Gasteiger partial charge in [0.25, 0.3) is 5.91 Å². The number of fused-ring (bicyclic) bond motifs is 1.